The van der Waals surface area contributed by atoms with Gasteiger partial charge in [0.05, 0.1) is 11.4 Å². The van der Waals surface area contributed by atoms with E-state index in [1.165, 1.54) is 5.56 Å². The Balaban J connectivity index is 1.85. The molecule has 0 bridgehead atoms. The quantitative estimate of drug-likeness (QED) is 0.564. The molecule has 6 heteroatoms. The average Bonchev–Trinajstić information content (AvgIpc) is 2.68. The van der Waals surface area contributed by atoms with E-state index >= 15 is 0 Å². The Morgan fingerprint density at radius 3 is 2.54 bits per heavy atom. The summed E-state index contributed by atoms with van der Waals surface area (Å²) in [6.07, 6.45) is 2.77. The van der Waals surface area contributed by atoms with Crippen LogP contribution in [0, 0.1) is 0 Å². The number of hydrogen-bond acceptors (Lipinski definition) is 5. The minimum absolute atomic E-state index is 0.299. The van der Waals surface area contributed by atoms with Crippen molar-refractivity contribution in [1.82, 2.24) is 15.0 Å². The molecule has 3 aromatic rings. The van der Waals surface area contributed by atoms with E-state index in [4.69, 9.17) is 0 Å². The van der Waals surface area contributed by atoms with Crippen molar-refractivity contribution in [1.29, 1.82) is 0 Å². The van der Waals surface area contributed by atoms with Gasteiger partial charge in [-0.2, -0.15) is 4.98 Å². The van der Waals surface area contributed by atoms with Crippen LogP contribution in [-0.4, -0.2) is 21.0 Å². The number of nitrogens with zero attached hydrogens (tertiary/aromatic N) is 3. The number of nitrogens with one attached hydrogen (secondary N) is 2. The minimum atomic E-state index is 0.299. The van der Waals surface area contributed by atoms with Crippen LogP contribution in [0.3, 0.4) is 0 Å². The van der Waals surface area contributed by atoms with Crippen LogP contribution in [0.25, 0.3) is 11.4 Å². The number of aromatic nitrogens is 3. The van der Waals surface area contributed by atoms with Gasteiger partial charge in [-0.15, -0.1) is 0 Å². The molecule has 0 saturated carbocycles. The van der Waals surface area contributed by atoms with Crippen molar-refractivity contribution in [2.24, 2.45) is 0 Å². The van der Waals surface area contributed by atoms with Crippen LogP contribution in [-0.2, 0) is 6.54 Å². The van der Waals surface area contributed by atoms with Crippen molar-refractivity contribution < 1.29 is 0 Å². The van der Waals surface area contributed by atoms with Gasteiger partial charge < -0.3 is 10.6 Å². The lowest BCUT2D eigenvalue weighted by molar-refractivity contribution is 0.753. The number of pyridine rings is 1. The summed E-state index contributed by atoms with van der Waals surface area (Å²) >= 11 is 3.46. The van der Waals surface area contributed by atoms with E-state index < -0.39 is 0 Å². The fourth-order valence-corrected chi connectivity index (χ4v) is 2.63. The van der Waals surface area contributed by atoms with Crippen LogP contribution in [0.2, 0.25) is 0 Å². The predicted molar refractivity (Wildman–Crippen MR) is 110 cm³/mol. The lowest BCUT2D eigenvalue weighted by Gasteiger charge is -2.14. The first-order valence-corrected chi connectivity index (χ1v) is 9.48. The van der Waals surface area contributed by atoms with Crippen LogP contribution < -0.4 is 10.6 Å². The Hall–Kier alpha value is -2.47. The molecule has 0 radical (unpaired) electrons. The van der Waals surface area contributed by atoms with Crippen molar-refractivity contribution in [3.8, 4) is 11.4 Å². The first kappa shape index (κ1) is 18.3. The fraction of sp³-hybridized carbons (Fsp3) is 0.250. The van der Waals surface area contributed by atoms with Gasteiger partial charge in [0.15, 0.2) is 0 Å². The Bertz CT molecular complexity index is 837. The molecule has 3 rings (SSSR count). The van der Waals surface area contributed by atoms with Gasteiger partial charge in [0.1, 0.15) is 5.82 Å². The highest BCUT2D eigenvalue weighted by Gasteiger charge is 2.09. The van der Waals surface area contributed by atoms with Gasteiger partial charge in [-0.25, -0.2) is 4.98 Å². The van der Waals surface area contributed by atoms with Crippen molar-refractivity contribution in [3.63, 3.8) is 0 Å². The zero-order valence-electron chi connectivity index (χ0n) is 14.9. The van der Waals surface area contributed by atoms with Gasteiger partial charge in [0, 0.05) is 29.3 Å². The third-order valence-corrected chi connectivity index (χ3v) is 4.56. The van der Waals surface area contributed by atoms with Crippen LogP contribution in [0.15, 0.2) is 59.2 Å². The second kappa shape index (κ2) is 8.76. The summed E-state index contributed by atoms with van der Waals surface area (Å²) in [4.78, 5) is 13.6. The predicted octanol–water partition coefficient (Wildman–Crippen LogP) is 5.12. The normalized spacial score (nSPS) is 11.8. The van der Waals surface area contributed by atoms with E-state index in [2.05, 4.69) is 67.5 Å². The molecule has 0 amide bonds. The van der Waals surface area contributed by atoms with E-state index in [1.807, 2.05) is 36.4 Å². The summed E-state index contributed by atoms with van der Waals surface area (Å²) in [6, 6.07) is 16.3. The minimum Gasteiger partial charge on any atom is -0.366 e. The van der Waals surface area contributed by atoms with Crippen molar-refractivity contribution in [2.45, 2.75) is 32.9 Å². The molecule has 26 heavy (non-hydrogen) atoms. The molecule has 0 aliphatic rings. The van der Waals surface area contributed by atoms with Crippen LogP contribution in [0.5, 0.6) is 0 Å². The zero-order chi connectivity index (χ0) is 18.4. The molecule has 1 aromatic carbocycles. The van der Waals surface area contributed by atoms with Crippen LogP contribution >= 0.6 is 15.9 Å². The lowest BCUT2D eigenvalue weighted by atomic mass is 10.2. The molecule has 0 aliphatic carbocycles. The topological polar surface area (TPSA) is 62.7 Å². The Morgan fingerprint density at radius 1 is 1.04 bits per heavy atom. The molecular weight excluding hydrogens is 390 g/mol. The highest BCUT2D eigenvalue weighted by Crippen LogP contribution is 2.21. The molecule has 134 valence electrons. The second-order valence-corrected chi connectivity index (χ2v) is 7.03. The number of anilines is 2. The fourth-order valence-electron chi connectivity index (χ4n) is 2.37. The molecule has 2 aromatic heterocycles. The molecule has 2 heterocycles. The van der Waals surface area contributed by atoms with E-state index in [0.717, 1.165) is 28.1 Å². The van der Waals surface area contributed by atoms with Gasteiger partial charge in [-0.1, -0.05) is 41.1 Å². The van der Waals surface area contributed by atoms with E-state index in [-0.39, 0.29) is 0 Å². The molecule has 0 saturated heterocycles. The SMILES string of the molecule is CC[C@@H](C)Nc1nc(NCc2ccc(Br)cc2)cc(-c2ccccn2)n1. The Kier molecular flexibility index (Phi) is 6.17. The molecule has 0 spiro atoms. The standard InChI is InChI=1S/C20H22BrN5/c1-3-14(2)24-20-25-18(17-6-4-5-11-22-17)12-19(26-20)23-13-15-7-9-16(21)10-8-15/h4-12,14H,3,13H2,1-2H3,(H2,23,24,25,26)/t14-/m1/s1. The second-order valence-electron chi connectivity index (χ2n) is 6.11. The Morgan fingerprint density at radius 2 is 1.85 bits per heavy atom. The summed E-state index contributed by atoms with van der Waals surface area (Å²) in [5.74, 6) is 1.38. The molecule has 0 fully saturated rings. The molecule has 5 nitrogen and oxygen atoms in total. The summed E-state index contributed by atoms with van der Waals surface area (Å²) in [5.41, 5.74) is 2.81. The first-order valence-electron chi connectivity index (χ1n) is 8.69. The van der Waals surface area contributed by atoms with Gasteiger partial charge in [0.25, 0.3) is 0 Å². The average molecular weight is 412 g/mol. The van der Waals surface area contributed by atoms with Gasteiger partial charge in [-0.3, -0.25) is 4.98 Å². The highest BCUT2D eigenvalue weighted by molar-refractivity contribution is 9.10. The highest BCUT2D eigenvalue weighted by atomic mass is 79.9. The largest absolute Gasteiger partial charge is 0.366 e. The summed E-state index contributed by atoms with van der Waals surface area (Å²) in [5, 5.41) is 6.74. The van der Waals surface area contributed by atoms with Gasteiger partial charge in [-0.05, 0) is 43.2 Å². The van der Waals surface area contributed by atoms with E-state index in [0.29, 0.717) is 18.5 Å². The third-order valence-electron chi connectivity index (χ3n) is 4.03. The number of hydrogen-bond donors (Lipinski definition) is 2. The van der Waals surface area contributed by atoms with E-state index in [1.54, 1.807) is 6.20 Å². The monoisotopic (exact) mass is 411 g/mol. The van der Waals surface area contributed by atoms with Gasteiger partial charge >= 0.3 is 0 Å². The molecule has 0 unspecified atom stereocenters. The van der Waals surface area contributed by atoms with Crippen LogP contribution in [0.1, 0.15) is 25.8 Å². The van der Waals surface area contributed by atoms with Crippen molar-refractivity contribution in [2.75, 3.05) is 10.6 Å². The smallest absolute Gasteiger partial charge is 0.225 e. The van der Waals surface area contributed by atoms with Crippen LogP contribution in [0.4, 0.5) is 11.8 Å². The van der Waals surface area contributed by atoms with E-state index in [9.17, 15) is 0 Å². The maximum absolute atomic E-state index is 4.63. The Labute approximate surface area is 162 Å². The zero-order valence-corrected chi connectivity index (χ0v) is 16.5. The number of benzene rings is 1. The summed E-state index contributed by atoms with van der Waals surface area (Å²) < 4.78 is 1.07. The van der Waals surface area contributed by atoms with Crippen molar-refractivity contribution >= 4 is 27.7 Å². The maximum atomic E-state index is 4.63. The third kappa shape index (κ3) is 5.02. The number of rotatable bonds is 7. The summed E-state index contributed by atoms with van der Waals surface area (Å²) in [6.45, 7) is 4.94. The molecule has 2 N–H and O–H groups in total. The molecular formula is C20H22BrN5. The van der Waals surface area contributed by atoms with Gasteiger partial charge in [0.2, 0.25) is 5.95 Å². The van der Waals surface area contributed by atoms with Crippen molar-refractivity contribution in [3.05, 3.63) is 64.8 Å². The lowest BCUT2D eigenvalue weighted by Crippen LogP contribution is -2.16. The maximum Gasteiger partial charge on any atom is 0.225 e. The molecule has 0 aliphatic heterocycles. The molecule has 1 atom stereocenters. The summed E-state index contributed by atoms with van der Waals surface area (Å²) in [7, 11) is 0. The first-order chi connectivity index (χ1) is 12.6. The number of halogens is 1.